The quantitative estimate of drug-likeness (QED) is 0.130. The molecule has 0 aliphatic heterocycles. The molecule has 2 aliphatic carbocycles. The van der Waals surface area contributed by atoms with E-state index in [2.05, 4.69) is 304 Å². The average molecular weight is 920 g/mol. The highest BCUT2D eigenvalue weighted by Crippen LogP contribution is 2.63. The summed E-state index contributed by atoms with van der Waals surface area (Å²) in [6.07, 6.45) is 0. The van der Waals surface area contributed by atoms with Crippen molar-refractivity contribution >= 4 is 17.1 Å². The number of benzene rings is 11. The van der Waals surface area contributed by atoms with Crippen molar-refractivity contribution in [2.75, 3.05) is 4.90 Å². The highest BCUT2D eigenvalue weighted by Gasteiger charge is 2.53. The van der Waals surface area contributed by atoms with Gasteiger partial charge >= 0.3 is 0 Å². The van der Waals surface area contributed by atoms with Gasteiger partial charge in [-0.05, 0) is 125 Å². The van der Waals surface area contributed by atoms with Crippen LogP contribution in [-0.2, 0) is 16.2 Å². The van der Waals surface area contributed by atoms with E-state index in [4.69, 9.17) is 0 Å². The van der Waals surface area contributed by atoms with E-state index >= 15 is 0 Å². The topological polar surface area (TPSA) is 3.24 Å². The molecule has 342 valence electrons. The van der Waals surface area contributed by atoms with Gasteiger partial charge < -0.3 is 4.90 Å². The Morgan fingerprint density at radius 3 is 1.22 bits per heavy atom. The highest BCUT2D eigenvalue weighted by atomic mass is 15.1. The second-order valence-corrected chi connectivity index (χ2v) is 19.9. The summed E-state index contributed by atoms with van der Waals surface area (Å²) < 4.78 is 0. The molecule has 0 bridgehead atoms. The minimum absolute atomic E-state index is 0.289. The van der Waals surface area contributed by atoms with Crippen molar-refractivity contribution in [1.82, 2.24) is 0 Å². The first-order valence-electron chi connectivity index (χ1n) is 25.3. The molecule has 1 spiro atoms. The smallest absolute Gasteiger partial charge is 0.0719 e. The first-order valence-corrected chi connectivity index (χ1v) is 25.3. The first kappa shape index (κ1) is 43.3. The summed E-state index contributed by atoms with van der Waals surface area (Å²) in [6, 6.07) is 106. The number of nitrogens with zero attached hydrogens (tertiary/aromatic N) is 1. The van der Waals surface area contributed by atoms with Gasteiger partial charge in [0.1, 0.15) is 0 Å². The van der Waals surface area contributed by atoms with Gasteiger partial charge in [-0.2, -0.15) is 0 Å². The minimum atomic E-state index is -0.511. The molecule has 0 heterocycles. The molecule has 0 fully saturated rings. The van der Waals surface area contributed by atoms with Crippen molar-refractivity contribution in [2.24, 2.45) is 0 Å². The van der Waals surface area contributed by atoms with Crippen LogP contribution in [0.5, 0.6) is 0 Å². The van der Waals surface area contributed by atoms with Gasteiger partial charge in [-0.25, -0.2) is 0 Å². The molecule has 0 aromatic heterocycles. The second-order valence-electron chi connectivity index (χ2n) is 19.9. The van der Waals surface area contributed by atoms with Crippen molar-refractivity contribution in [1.29, 1.82) is 0 Å². The third-order valence-electron chi connectivity index (χ3n) is 15.9. The van der Waals surface area contributed by atoms with E-state index in [1.54, 1.807) is 0 Å². The number of hydrogen-bond acceptors (Lipinski definition) is 1. The zero-order valence-electron chi connectivity index (χ0n) is 40.6. The highest BCUT2D eigenvalue weighted by molar-refractivity contribution is 5.91. The maximum atomic E-state index is 2.43. The molecule has 13 rings (SSSR count). The molecule has 0 unspecified atom stereocenters. The van der Waals surface area contributed by atoms with Crippen LogP contribution in [0, 0.1) is 0 Å². The Morgan fingerprint density at radius 2 is 0.667 bits per heavy atom. The molecule has 2 aliphatic rings. The van der Waals surface area contributed by atoms with E-state index in [0.717, 1.165) is 28.2 Å². The Bertz CT molecular complexity index is 3620. The molecule has 1 nitrogen and oxygen atoms in total. The summed E-state index contributed by atoms with van der Waals surface area (Å²) in [4.78, 5) is 2.41. The number of hydrogen-bond donors (Lipinski definition) is 0. The molecular formula is C71H53N. The fourth-order valence-corrected chi connectivity index (χ4v) is 12.9. The maximum Gasteiger partial charge on any atom is 0.0719 e. The lowest BCUT2D eigenvalue weighted by molar-refractivity contribution is 0.565. The van der Waals surface area contributed by atoms with Crippen molar-refractivity contribution in [3.8, 4) is 33.4 Å². The summed E-state index contributed by atoms with van der Waals surface area (Å²) in [5.74, 6) is 0. The van der Waals surface area contributed by atoms with Crippen molar-refractivity contribution < 1.29 is 0 Å². The van der Waals surface area contributed by atoms with Crippen LogP contribution in [0.25, 0.3) is 33.4 Å². The van der Waals surface area contributed by atoms with Gasteiger partial charge in [0.2, 0.25) is 0 Å². The Balaban J connectivity index is 0.939. The lowest BCUT2D eigenvalue weighted by Gasteiger charge is -2.47. The monoisotopic (exact) mass is 919 g/mol. The molecule has 11 aromatic rings. The Hall–Kier alpha value is -8.78. The zero-order chi connectivity index (χ0) is 48.3. The van der Waals surface area contributed by atoms with Crippen LogP contribution in [-0.4, -0.2) is 0 Å². The molecule has 0 amide bonds. The van der Waals surface area contributed by atoms with E-state index in [1.807, 2.05) is 0 Å². The molecule has 0 N–H and O–H groups in total. The van der Waals surface area contributed by atoms with Crippen LogP contribution in [0.4, 0.5) is 17.1 Å². The molecule has 0 atom stereocenters. The van der Waals surface area contributed by atoms with Crippen LogP contribution < -0.4 is 4.90 Å². The predicted octanol–water partition coefficient (Wildman–Crippen LogP) is 17.9. The maximum absolute atomic E-state index is 2.43. The van der Waals surface area contributed by atoms with Crippen LogP contribution in [0.2, 0.25) is 0 Å². The van der Waals surface area contributed by atoms with Gasteiger partial charge in [0.25, 0.3) is 0 Å². The van der Waals surface area contributed by atoms with Gasteiger partial charge in [-0.3, -0.25) is 0 Å². The number of para-hydroxylation sites is 1. The first-order chi connectivity index (χ1) is 35.5. The fourth-order valence-electron chi connectivity index (χ4n) is 12.9. The summed E-state index contributed by atoms with van der Waals surface area (Å²) >= 11 is 0. The summed E-state index contributed by atoms with van der Waals surface area (Å²) in [5.41, 5.74) is 22.5. The normalized spacial score (nSPS) is 13.6. The number of fused-ring (bicyclic) bond motifs is 9. The van der Waals surface area contributed by atoms with Gasteiger partial charge in [0.05, 0.1) is 10.8 Å². The third-order valence-corrected chi connectivity index (χ3v) is 15.9. The summed E-state index contributed by atoms with van der Waals surface area (Å²) in [5, 5.41) is 0. The standard InChI is InChI=1S/C71H53N/c1-69(2)65-41-19-20-42-66(65)71(63-39-17-15-36-61(63)62-37-16-18-40-64(62)71)67-43-23-38-60(68(67)69)52-25-22-35-59(49-52)72(57-32-13-6-14-33-57)58-34-21-24-51(48-58)50-44-46-56(47-45-50)70(53-26-7-3-8-27-53,54-28-9-4-10-29-54)55-30-11-5-12-31-55/h3-49H,1-2H3. The summed E-state index contributed by atoms with van der Waals surface area (Å²) in [7, 11) is 0. The summed E-state index contributed by atoms with van der Waals surface area (Å²) in [6.45, 7) is 4.86. The molecule has 11 aromatic carbocycles. The number of anilines is 3. The Morgan fingerprint density at radius 1 is 0.278 bits per heavy atom. The lowest BCUT2D eigenvalue weighted by Crippen LogP contribution is -2.41. The van der Waals surface area contributed by atoms with Crippen LogP contribution >= 0.6 is 0 Å². The Labute approximate surface area is 424 Å². The van der Waals surface area contributed by atoms with E-state index in [0.29, 0.717) is 0 Å². The van der Waals surface area contributed by atoms with Crippen LogP contribution in [0.1, 0.15) is 69.5 Å². The third kappa shape index (κ3) is 6.54. The molecular weight excluding hydrogens is 867 g/mol. The molecule has 0 saturated carbocycles. The SMILES string of the molecule is CC1(C)c2ccccc2C2(c3ccccc3-c3ccccc32)c2cccc(-c3cccc(N(c4ccccc4)c4cccc(-c5ccc(C(c6ccccc6)(c6ccccc6)c6ccccc6)cc5)c4)c3)c21. The van der Waals surface area contributed by atoms with Crippen molar-refractivity contribution in [3.63, 3.8) is 0 Å². The van der Waals surface area contributed by atoms with E-state index in [-0.39, 0.29) is 5.41 Å². The van der Waals surface area contributed by atoms with E-state index in [9.17, 15) is 0 Å². The van der Waals surface area contributed by atoms with Gasteiger partial charge in [-0.15, -0.1) is 0 Å². The van der Waals surface area contributed by atoms with Gasteiger partial charge in [0.15, 0.2) is 0 Å². The largest absolute Gasteiger partial charge is 0.310 e. The van der Waals surface area contributed by atoms with Gasteiger partial charge in [-0.1, -0.05) is 263 Å². The average Bonchev–Trinajstić information content (AvgIpc) is 3.75. The van der Waals surface area contributed by atoms with Crippen LogP contribution in [0.15, 0.2) is 285 Å². The molecule has 0 saturated heterocycles. The number of rotatable bonds is 9. The van der Waals surface area contributed by atoms with Gasteiger partial charge in [0, 0.05) is 22.5 Å². The lowest BCUT2D eigenvalue weighted by atomic mass is 9.54. The van der Waals surface area contributed by atoms with Crippen LogP contribution in [0.3, 0.4) is 0 Å². The molecule has 72 heavy (non-hydrogen) atoms. The zero-order valence-corrected chi connectivity index (χ0v) is 40.6. The second kappa shape index (κ2) is 17.3. The Kier molecular flexibility index (Phi) is 10.4. The molecule has 1 heteroatoms. The van der Waals surface area contributed by atoms with E-state index in [1.165, 1.54) is 77.9 Å². The predicted molar refractivity (Wildman–Crippen MR) is 300 cm³/mol. The minimum Gasteiger partial charge on any atom is -0.310 e. The molecule has 0 radical (unpaired) electrons. The van der Waals surface area contributed by atoms with Crippen molar-refractivity contribution in [2.45, 2.75) is 30.1 Å². The van der Waals surface area contributed by atoms with E-state index < -0.39 is 10.8 Å². The van der Waals surface area contributed by atoms with Crippen molar-refractivity contribution in [3.05, 3.63) is 341 Å². The fraction of sp³-hybridized carbons (Fsp3) is 0.0704.